The van der Waals surface area contributed by atoms with Gasteiger partial charge in [0.05, 0.1) is 27.7 Å². The van der Waals surface area contributed by atoms with Crippen LogP contribution in [0.3, 0.4) is 0 Å². The van der Waals surface area contributed by atoms with Gasteiger partial charge in [-0.1, -0.05) is 65.2 Å². The van der Waals surface area contributed by atoms with Gasteiger partial charge < -0.3 is 0 Å². The number of amides is 1. The van der Waals surface area contributed by atoms with Crippen LogP contribution in [0.1, 0.15) is 16.7 Å². The Morgan fingerprint density at radius 3 is 2.42 bits per heavy atom. The van der Waals surface area contributed by atoms with Crippen LogP contribution in [0, 0.1) is 12.7 Å². The van der Waals surface area contributed by atoms with Gasteiger partial charge in [-0.25, -0.2) is 18.2 Å². The van der Waals surface area contributed by atoms with Crippen molar-refractivity contribution >= 4 is 45.3 Å². The highest BCUT2D eigenvalue weighted by atomic mass is 35.5. The highest BCUT2D eigenvalue weighted by Crippen LogP contribution is 2.22. The zero-order valence-electron chi connectivity index (χ0n) is 17.5. The highest BCUT2D eigenvalue weighted by molar-refractivity contribution is 7.89. The molecule has 0 aliphatic carbocycles. The summed E-state index contributed by atoms with van der Waals surface area (Å²) < 4.78 is 41.6. The maximum absolute atomic E-state index is 14.2. The zero-order chi connectivity index (χ0) is 24.0. The number of hydrogen-bond donors (Lipinski definition) is 1. The average molecular weight is 508 g/mol. The Labute approximate surface area is 201 Å². The summed E-state index contributed by atoms with van der Waals surface area (Å²) in [7, 11) is -4.09. The highest BCUT2D eigenvalue weighted by Gasteiger charge is 2.27. The number of hydrogen-bond acceptors (Lipinski definition) is 4. The van der Waals surface area contributed by atoms with Crippen molar-refractivity contribution in [3.63, 3.8) is 0 Å². The summed E-state index contributed by atoms with van der Waals surface area (Å²) in [5.41, 5.74) is 3.88. The lowest BCUT2D eigenvalue weighted by Gasteiger charge is -2.22. The molecule has 0 fully saturated rings. The number of carbonyl (C=O) groups excluding carboxylic acids is 1. The van der Waals surface area contributed by atoms with Gasteiger partial charge in [0, 0.05) is 12.1 Å². The van der Waals surface area contributed by atoms with Crippen molar-refractivity contribution in [3.8, 4) is 0 Å². The molecule has 0 aliphatic heterocycles. The summed E-state index contributed by atoms with van der Waals surface area (Å²) in [6.45, 7) is 0.933. The summed E-state index contributed by atoms with van der Waals surface area (Å²) in [6, 6.07) is 16.8. The quantitative estimate of drug-likeness (QED) is 0.351. The molecule has 1 amide bonds. The monoisotopic (exact) mass is 507 g/mol. The molecule has 0 heterocycles. The summed E-state index contributed by atoms with van der Waals surface area (Å²) in [5, 5.41) is 4.54. The van der Waals surface area contributed by atoms with Crippen LogP contribution in [-0.4, -0.2) is 31.4 Å². The smallest absolute Gasteiger partial charge is 0.255 e. The molecule has 10 heteroatoms. The van der Waals surface area contributed by atoms with E-state index in [9.17, 15) is 17.6 Å². The van der Waals surface area contributed by atoms with Crippen LogP contribution in [0.25, 0.3) is 0 Å². The first-order chi connectivity index (χ1) is 15.7. The molecule has 0 aromatic heterocycles. The van der Waals surface area contributed by atoms with Crippen molar-refractivity contribution in [2.45, 2.75) is 18.4 Å². The molecular weight excluding hydrogens is 488 g/mol. The second-order valence-corrected chi connectivity index (χ2v) is 9.90. The molecule has 6 nitrogen and oxygen atoms in total. The first-order valence-electron chi connectivity index (χ1n) is 9.74. The van der Waals surface area contributed by atoms with Crippen LogP contribution in [0.15, 0.2) is 76.7 Å². The normalized spacial score (nSPS) is 11.8. The predicted octanol–water partition coefficient (Wildman–Crippen LogP) is 4.78. The second-order valence-electron chi connectivity index (χ2n) is 7.14. The van der Waals surface area contributed by atoms with Crippen LogP contribution in [0.4, 0.5) is 4.39 Å². The molecule has 0 atom stereocenters. The third-order valence-corrected chi connectivity index (χ3v) is 7.17. The number of aryl methyl sites for hydroxylation is 1. The number of nitrogens with one attached hydrogen (secondary N) is 1. The Kier molecular flexibility index (Phi) is 8.20. The van der Waals surface area contributed by atoms with Gasteiger partial charge in [-0.2, -0.15) is 9.41 Å². The third kappa shape index (κ3) is 6.61. The van der Waals surface area contributed by atoms with Crippen molar-refractivity contribution in [1.82, 2.24) is 9.73 Å². The van der Waals surface area contributed by atoms with Gasteiger partial charge in [0.2, 0.25) is 10.0 Å². The van der Waals surface area contributed by atoms with Crippen LogP contribution in [-0.2, 0) is 21.4 Å². The Morgan fingerprint density at radius 1 is 1.06 bits per heavy atom. The molecule has 1 N–H and O–H groups in total. The van der Waals surface area contributed by atoms with E-state index in [1.165, 1.54) is 36.5 Å². The minimum atomic E-state index is -4.09. The molecule has 0 saturated carbocycles. The lowest BCUT2D eigenvalue weighted by molar-refractivity contribution is -0.121. The van der Waals surface area contributed by atoms with Gasteiger partial charge in [0.25, 0.3) is 5.91 Å². The van der Waals surface area contributed by atoms with Gasteiger partial charge in [0.1, 0.15) is 5.82 Å². The van der Waals surface area contributed by atoms with Crippen molar-refractivity contribution in [3.05, 3.63) is 99.3 Å². The molecule has 172 valence electrons. The van der Waals surface area contributed by atoms with E-state index in [4.69, 9.17) is 23.2 Å². The first-order valence-corrected chi connectivity index (χ1v) is 11.9. The van der Waals surface area contributed by atoms with E-state index in [1.54, 1.807) is 36.4 Å². The fourth-order valence-corrected chi connectivity index (χ4v) is 4.55. The van der Waals surface area contributed by atoms with Crippen LogP contribution >= 0.6 is 23.2 Å². The van der Waals surface area contributed by atoms with E-state index in [0.717, 1.165) is 9.87 Å². The first kappa shape index (κ1) is 24.9. The molecule has 0 aliphatic rings. The Morgan fingerprint density at radius 2 is 1.76 bits per heavy atom. The summed E-state index contributed by atoms with van der Waals surface area (Å²) in [6.07, 6.45) is 1.34. The average Bonchev–Trinajstić information content (AvgIpc) is 2.77. The van der Waals surface area contributed by atoms with Gasteiger partial charge in [-0.3, -0.25) is 4.79 Å². The second kappa shape index (κ2) is 10.9. The maximum atomic E-state index is 14.2. The molecule has 0 bridgehead atoms. The molecule has 0 radical (unpaired) electrons. The van der Waals surface area contributed by atoms with Gasteiger partial charge in [0.15, 0.2) is 0 Å². The Hall–Kier alpha value is -2.78. The van der Waals surface area contributed by atoms with Crippen molar-refractivity contribution in [2.75, 3.05) is 6.54 Å². The maximum Gasteiger partial charge on any atom is 0.255 e. The molecule has 3 aromatic carbocycles. The minimum Gasteiger partial charge on any atom is -0.272 e. The molecule has 3 rings (SSSR count). The molecule has 0 saturated heterocycles. The third-order valence-electron chi connectivity index (χ3n) is 4.63. The fourth-order valence-electron chi connectivity index (χ4n) is 2.87. The molecular formula is C23H20Cl2FN3O3S. The summed E-state index contributed by atoms with van der Waals surface area (Å²) in [4.78, 5) is 12.5. The number of benzene rings is 3. The Bertz CT molecular complexity index is 1280. The van der Waals surface area contributed by atoms with Crippen LogP contribution < -0.4 is 5.43 Å². The number of carbonyl (C=O) groups is 1. The predicted molar refractivity (Wildman–Crippen MR) is 127 cm³/mol. The fraction of sp³-hybridized carbons (Fsp3) is 0.130. The van der Waals surface area contributed by atoms with Gasteiger partial charge in [-0.15, -0.1) is 0 Å². The van der Waals surface area contributed by atoms with E-state index in [1.807, 2.05) is 6.92 Å². The zero-order valence-corrected chi connectivity index (χ0v) is 19.8. The van der Waals surface area contributed by atoms with E-state index >= 15 is 0 Å². The number of halogens is 3. The van der Waals surface area contributed by atoms with E-state index in [0.29, 0.717) is 15.6 Å². The van der Waals surface area contributed by atoms with Crippen molar-refractivity contribution in [1.29, 1.82) is 0 Å². The Balaban J connectivity index is 1.80. The topological polar surface area (TPSA) is 78.8 Å². The van der Waals surface area contributed by atoms with Crippen molar-refractivity contribution < 1.29 is 17.6 Å². The number of rotatable bonds is 8. The summed E-state index contributed by atoms with van der Waals surface area (Å²) >= 11 is 11.8. The SMILES string of the molecule is Cc1ccc(S(=O)(=O)N(CC(=O)N/N=C\c2ccc(Cl)c(Cl)c2)Cc2ccccc2F)cc1. The van der Waals surface area contributed by atoms with Gasteiger partial charge >= 0.3 is 0 Å². The van der Waals surface area contributed by atoms with E-state index in [-0.39, 0.29) is 17.0 Å². The van der Waals surface area contributed by atoms with E-state index < -0.39 is 28.3 Å². The van der Waals surface area contributed by atoms with E-state index in [2.05, 4.69) is 10.5 Å². The largest absolute Gasteiger partial charge is 0.272 e. The molecule has 3 aromatic rings. The lowest BCUT2D eigenvalue weighted by Crippen LogP contribution is -2.39. The molecule has 33 heavy (non-hydrogen) atoms. The number of sulfonamides is 1. The molecule has 0 unspecified atom stereocenters. The van der Waals surface area contributed by atoms with Crippen LogP contribution in [0.2, 0.25) is 10.0 Å². The lowest BCUT2D eigenvalue weighted by atomic mass is 10.2. The standard InChI is InChI=1S/C23H20Cl2FN3O3S/c1-16-6-9-19(10-7-16)33(31,32)29(14-18-4-2-3-5-22(18)26)15-23(30)28-27-13-17-8-11-20(24)21(25)12-17/h2-13H,14-15H2,1H3,(H,28,30)/b27-13-. The number of hydrazone groups is 1. The summed E-state index contributed by atoms with van der Waals surface area (Å²) in [5.74, 6) is -1.27. The minimum absolute atomic E-state index is 0.00320. The van der Waals surface area contributed by atoms with Gasteiger partial charge in [-0.05, 0) is 42.8 Å². The molecule has 0 spiro atoms. The van der Waals surface area contributed by atoms with Crippen LogP contribution in [0.5, 0.6) is 0 Å². The van der Waals surface area contributed by atoms with Crippen molar-refractivity contribution in [2.24, 2.45) is 5.10 Å². The number of nitrogens with zero attached hydrogens (tertiary/aromatic N) is 2.